The van der Waals surface area contributed by atoms with Crippen LogP contribution in [0.2, 0.25) is 5.02 Å². The number of oxime groups is 1. The van der Waals surface area contributed by atoms with Gasteiger partial charge in [0.1, 0.15) is 0 Å². The van der Waals surface area contributed by atoms with Gasteiger partial charge >= 0.3 is 5.97 Å². The van der Waals surface area contributed by atoms with Crippen LogP contribution in [0.4, 0.5) is 0 Å². The molecule has 0 saturated heterocycles. The highest BCUT2D eigenvalue weighted by Crippen LogP contribution is 2.30. The molecule has 0 saturated carbocycles. The second-order valence-corrected chi connectivity index (χ2v) is 5.08. The zero-order valence-electron chi connectivity index (χ0n) is 11.3. The summed E-state index contributed by atoms with van der Waals surface area (Å²) in [6, 6.07) is 7.25. The van der Waals surface area contributed by atoms with Crippen molar-refractivity contribution in [3.05, 3.63) is 34.9 Å². The standard InChI is InChI=1S/C14H17ClN2O3/c1-2-19-13(18)14(8-12(9-16)17-20-14)7-10-3-5-11(15)6-4-10/h3-6H,2,7-9,16H2,1H3. The number of benzene rings is 1. The van der Waals surface area contributed by atoms with E-state index in [4.69, 9.17) is 26.9 Å². The van der Waals surface area contributed by atoms with Crippen molar-refractivity contribution in [2.24, 2.45) is 10.9 Å². The molecule has 20 heavy (non-hydrogen) atoms. The van der Waals surface area contributed by atoms with Crippen LogP contribution in [0.3, 0.4) is 0 Å². The van der Waals surface area contributed by atoms with E-state index in [1.165, 1.54) is 0 Å². The highest BCUT2D eigenvalue weighted by molar-refractivity contribution is 6.30. The number of carbonyl (C=O) groups is 1. The van der Waals surface area contributed by atoms with Crippen LogP contribution < -0.4 is 5.73 Å². The summed E-state index contributed by atoms with van der Waals surface area (Å²) < 4.78 is 5.11. The monoisotopic (exact) mass is 296 g/mol. The van der Waals surface area contributed by atoms with Gasteiger partial charge in [-0.05, 0) is 24.6 Å². The third-order valence-corrected chi connectivity index (χ3v) is 3.38. The Balaban J connectivity index is 2.20. The first-order chi connectivity index (χ1) is 9.59. The molecule has 0 bridgehead atoms. The Bertz CT molecular complexity index is 516. The van der Waals surface area contributed by atoms with Gasteiger partial charge in [-0.25, -0.2) is 4.79 Å². The topological polar surface area (TPSA) is 73.9 Å². The third kappa shape index (κ3) is 3.11. The van der Waals surface area contributed by atoms with Crippen molar-refractivity contribution in [1.82, 2.24) is 0 Å². The Morgan fingerprint density at radius 1 is 1.50 bits per heavy atom. The quantitative estimate of drug-likeness (QED) is 0.843. The van der Waals surface area contributed by atoms with Gasteiger partial charge in [-0.3, -0.25) is 0 Å². The highest BCUT2D eigenvalue weighted by Gasteiger charge is 2.47. The molecule has 0 aliphatic carbocycles. The Labute approximate surface area is 122 Å². The number of nitrogens with zero attached hydrogens (tertiary/aromatic N) is 1. The molecule has 0 spiro atoms. The minimum Gasteiger partial charge on any atom is -0.463 e. The van der Waals surface area contributed by atoms with E-state index < -0.39 is 11.6 Å². The fourth-order valence-electron chi connectivity index (χ4n) is 2.13. The van der Waals surface area contributed by atoms with Crippen molar-refractivity contribution >= 4 is 23.3 Å². The molecule has 6 heteroatoms. The first kappa shape index (κ1) is 14.8. The van der Waals surface area contributed by atoms with Crippen molar-refractivity contribution in [2.45, 2.75) is 25.4 Å². The summed E-state index contributed by atoms with van der Waals surface area (Å²) in [6.07, 6.45) is 0.723. The van der Waals surface area contributed by atoms with Crippen LogP contribution in [-0.2, 0) is 20.8 Å². The van der Waals surface area contributed by atoms with E-state index in [0.717, 1.165) is 5.56 Å². The maximum absolute atomic E-state index is 12.2. The van der Waals surface area contributed by atoms with E-state index >= 15 is 0 Å². The molecule has 1 aliphatic rings. The zero-order valence-corrected chi connectivity index (χ0v) is 12.0. The molecule has 2 N–H and O–H groups in total. The van der Waals surface area contributed by atoms with Crippen LogP contribution >= 0.6 is 11.6 Å². The minimum absolute atomic E-state index is 0.266. The number of esters is 1. The van der Waals surface area contributed by atoms with Crippen LogP contribution in [0.1, 0.15) is 18.9 Å². The molecule has 0 radical (unpaired) electrons. The third-order valence-electron chi connectivity index (χ3n) is 3.13. The summed E-state index contributed by atoms with van der Waals surface area (Å²) in [7, 11) is 0. The molecular weight excluding hydrogens is 280 g/mol. The summed E-state index contributed by atoms with van der Waals surface area (Å²) in [6.45, 7) is 2.32. The number of ether oxygens (including phenoxy) is 1. The summed E-state index contributed by atoms with van der Waals surface area (Å²) in [5, 5.41) is 4.53. The Kier molecular flexibility index (Phi) is 4.62. The molecule has 108 valence electrons. The van der Waals surface area contributed by atoms with E-state index in [0.29, 0.717) is 30.2 Å². The van der Waals surface area contributed by atoms with Gasteiger partial charge in [-0.1, -0.05) is 28.9 Å². The summed E-state index contributed by atoms with van der Waals surface area (Å²) in [5.41, 5.74) is 6.04. The number of rotatable bonds is 5. The molecule has 1 heterocycles. The van der Waals surface area contributed by atoms with Gasteiger partial charge in [0.05, 0.1) is 12.3 Å². The molecule has 1 aromatic rings. The van der Waals surface area contributed by atoms with Crippen molar-refractivity contribution < 1.29 is 14.4 Å². The first-order valence-electron chi connectivity index (χ1n) is 6.45. The van der Waals surface area contributed by atoms with Crippen molar-refractivity contribution in [3.8, 4) is 0 Å². The predicted octanol–water partition coefficient (Wildman–Crippen LogP) is 1.92. The van der Waals surface area contributed by atoms with Gasteiger partial charge in [-0.2, -0.15) is 0 Å². The molecule has 0 aromatic heterocycles. The Morgan fingerprint density at radius 2 is 2.20 bits per heavy atom. The van der Waals surface area contributed by atoms with Gasteiger partial charge in [0.25, 0.3) is 0 Å². The second-order valence-electron chi connectivity index (χ2n) is 4.65. The number of halogens is 1. The molecule has 2 rings (SSSR count). The fraction of sp³-hybridized carbons (Fsp3) is 0.429. The second kappa shape index (κ2) is 6.24. The number of hydrogen-bond donors (Lipinski definition) is 1. The van der Waals surface area contributed by atoms with Crippen LogP contribution in [0.15, 0.2) is 29.4 Å². The maximum atomic E-state index is 12.2. The summed E-state index contributed by atoms with van der Waals surface area (Å²) in [5.74, 6) is -0.415. The van der Waals surface area contributed by atoms with E-state index in [1.54, 1.807) is 19.1 Å². The molecule has 0 amide bonds. The van der Waals surface area contributed by atoms with Crippen molar-refractivity contribution in [3.63, 3.8) is 0 Å². The summed E-state index contributed by atoms with van der Waals surface area (Å²) in [4.78, 5) is 17.6. The molecule has 1 aliphatic heterocycles. The Hall–Kier alpha value is -1.59. The van der Waals surface area contributed by atoms with Crippen LogP contribution in [0, 0.1) is 0 Å². The summed E-state index contributed by atoms with van der Waals surface area (Å²) >= 11 is 5.86. The number of nitrogens with two attached hydrogens (primary N) is 1. The van der Waals surface area contributed by atoms with E-state index in [1.807, 2.05) is 12.1 Å². The molecule has 1 atom stereocenters. The smallest absolute Gasteiger partial charge is 0.354 e. The van der Waals surface area contributed by atoms with Crippen LogP contribution in [0.5, 0.6) is 0 Å². The highest BCUT2D eigenvalue weighted by atomic mass is 35.5. The first-order valence-corrected chi connectivity index (χ1v) is 6.83. The van der Waals surface area contributed by atoms with Crippen LogP contribution in [-0.4, -0.2) is 30.4 Å². The lowest BCUT2D eigenvalue weighted by Gasteiger charge is -2.24. The van der Waals surface area contributed by atoms with Gasteiger partial charge in [0.2, 0.25) is 5.60 Å². The van der Waals surface area contributed by atoms with E-state index in [2.05, 4.69) is 5.16 Å². The molecular formula is C14H17ClN2O3. The fourth-order valence-corrected chi connectivity index (χ4v) is 2.25. The number of carbonyl (C=O) groups excluding carboxylic acids is 1. The van der Waals surface area contributed by atoms with Crippen molar-refractivity contribution in [1.29, 1.82) is 0 Å². The van der Waals surface area contributed by atoms with Crippen LogP contribution in [0.25, 0.3) is 0 Å². The van der Waals surface area contributed by atoms with Gasteiger partial charge in [-0.15, -0.1) is 0 Å². The average Bonchev–Trinajstić information content (AvgIpc) is 2.86. The lowest BCUT2D eigenvalue weighted by molar-refractivity contribution is -0.168. The largest absolute Gasteiger partial charge is 0.463 e. The molecule has 0 fully saturated rings. The van der Waals surface area contributed by atoms with Gasteiger partial charge in [0, 0.05) is 24.4 Å². The Morgan fingerprint density at radius 3 is 2.75 bits per heavy atom. The van der Waals surface area contributed by atoms with Gasteiger partial charge < -0.3 is 15.3 Å². The maximum Gasteiger partial charge on any atom is 0.354 e. The minimum atomic E-state index is -1.11. The SMILES string of the molecule is CCOC(=O)C1(Cc2ccc(Cl)cc2)CC(CN)=NO1. The predicted molar refractivity (Wildman–Crippen MR) is 76.7 cm³/mol. The van der Waals surface area contributed by atoms with E-state index in [-0.39, 0.29) is 6.54 Å². The van der Waals surface area contributed by atoms with Gasteiger partial charge in [0.15, 0.2) is 0 Å². The lowest BCUT2D eigenvalue weighted by atomic mass is 9.89. The number of hydrogen-bond acceptors (Lipinski definition) is 5. The van der Waals surface area contributed by atoms with E-state index in [9.17, 15) is 4.79 Å². The molecule has 1 unspecified atom stereocenters. The lowest BCUT2D eigenvalue weighted by Crippen LogP contribution is -2.43. The average molecular weight is 297 g/mol. The molecule has 5 nitrogen and oxygen atoms in total. The zero-order chi connectivity index (χ0) is 14.6. The normalized spacial score (nSPS) is 21.2. The van der Waals surface area contributed by atoms with Crippen molar-refractivity contribution in [2.75, 3.05) is 13.2 Å². The molecule has 1 aromatic carbocycles.